The summed E-state index contributed by atoms with van der Waals surface area (Å²) in [7, 11) is 3.22. The average molecular weight is 240 g/mol. The third kappa shape index (κ3) is 3.91. The summed E-state index contributed by atoms with van der Waals surface area (Å²) in [6, 6.07) is 5.39. The van der Waals surface area contributed by atoms with E-state index in [9.17, 15) is 5.11 Å². The van der Waals surface area contributed by atoms with E-state index in [-0.39, 0.29) is 6.10 Å². The van der Waals surface area contributed by atoms with Crippen LogP contribution in [0.1, 0.15) is 25.5 Å². The highest BCUT2D eigenvalue weighted by Crippen LogP contribution is 2.30. The van der Waals surface area contributed by atoms with Gasteiger partial charge in [-0.05, 0) is 31.5 Å². The first kappa shape index (κ1) is 13.8. The van der Waals surface area contributed by atoms with Crippen LogP contribution in [0.5, 0.6) is 11.5 Å². The van der Waals surface area contributed by atoms with Gasteiger partial charge in [-0.2, -0.15) is 0 Å². The topological polar surface area (TPSA) is 47.9 Å². The van der Waals surface area contributed by atoms with Crippen LogP contribution in [0.3, 0.4) is 0 Å². The van der Waals surface area contributed by atoms with Gasteiger partial charge in [-0.15, -0.1) is 0 Å². The van der Waals surface area contributed by atoms with Crippen LogP contribution < -0.4 is 9.47 Å². The van der Waals surface area contributed by atoms with Crippen molar-refractivity contribution in [2.75, 3.05) is 20.8 Å². The quantitative estimate of drug-likeness (QED) is 0.827. The summed E-state index contributed by atoms with van der Waals surface area (Å²) in [5, 5.41) is 9.47. The zero-order valence-corrected chi connectivity index (χ0v) is 10.8. The number of methoxy groups -OCH3 is 2. The van der Waals surface area contributed by atoms with E-state index in [1.165, 1.54) is 0 Å². The largest absolute Gasteiger partial charge is 0.493 e. The summed E-state index contributed by atoms with van der Waals surface area (Å²) in [6.45, 7) is 4.10. The predicted octanol–water partition coefficient (Wildman–Crippen LogP) is 2.16. The molecule has 1 aromatic carbocycles. The summed E-state index contributed by atoms with van der Waals surface area (Å²) in [6.07, 6.45) is -0.494. The van der Waals surface area contributed by atoms with Gasteiger partial charge in [0.2, 0.25) is 0 Å². The molecule has 2 atom stereocenters. The van der Waals surface area contributed by atoms with E-state index in [1.807, 2.05) is 13.0 Å². The summed E-state index contributed by atoms with van der Waals surface area (Å²) in [5.41, 5.74) is 0.800. The lowest BCUT2D eigenvalue weighted by Crippen LogP contribution is -2.16. The Morgan fingerprint density at radius 2 is 1.88 bits per heavy atom. The van der Waals surface area contributed by atoms with Crippen LogP contribution in [0, 0.1) is 0 Å². The van der Waals surface area contributed by atoms with Gasteiger partial charge in [0.25, 0.3) is 0 Å². The highest BCUT2D eigenvalue weighted by Gasteiger charge is 2.10. The first-order chi connectivity index (χ1) is 8.08. The molecule has 0 aliphatic rings. The van der Waals surface area contributed by atoms with Crippen molar-refractivity contribution in [2.24, 2.45) is 0 Å². The molecule has 0 saturated carbocycles. The normalized spacial score (nSPS) is 14.2. The summed E-state index contributed by atoms with van der Waals surface area (Å²) >= 11 is 0. The Morgan fingerprint density at radius 1 is 1.18 bits per heavy atom. The maximum Gasteiger partial charge on any atom is 0.161 e. The van der Waals surface area contributed by atoms with E-state index in [0.717, 1.165) is 5.56 Å². The fraction of sp³-hybridized carbons (Fsp3) is 0.538. The highest BCUT2D eigenvalue weighted by atomic mass is 16.5. The van der Waals surface area contributed by atoms with Crippen molar-refractivity contribution in [3.63, 3.8) is 0 Å². The molecule has 4 heteroatoms. The zero-order valence-electron chi connectivity index (χ0n) is 10.8. The Labute approximate surface area is 102 Å². The Bertz CT molecular complexity index is 349. The molecule has 0 amide bonds. The molecule has 1 rings (SSSR count). The van der Waals surface area contributed by atoms with Gasteiger partial charge in [-0.1, -0.05) is 6.07 Å². The minimum Gasteiger partial charge on any atom is -0.493 e. The Hall–Kier alpha value is -1.26. The van der Waals surface area contributed by atoms with Crippen LogP contribution in [-0.2, 0) is 4.74 Å². The Kier molecular flexibility index (Phi) is 5.25. The van der Waals surface area contributed by atoms with Gasteiger partial charge in [0, 0.05) is 7.11 Å². The van der Waals surface area contributed by atoms with Gasteiger partial charge in [0.1, 0.15) is 6.61 Å². The summed E-state index contributed by atoms with van der Waals surface area (Å²) in [4.78, 5) is 0. The molecule has 0 spiro atoms. The molecule has 0 aliphatic carbocycles. The van der Waals surface area contributed by atoms with E-state index >= 15 is 0 Å². The van der Waals surface area contributed by atoms with Crippen molar-refractivity contribution < 1.29 is 19.3 Å². The van der Waals surface area contributed by atoms with Crippen molar-refractivity contribution >= 4 is 0 Å². The molecule has 0 aliphatic heterocycles. The van der Waals surface area contributed by atoms with Crippen molar-refractivity contribution in [2.45, 2.75) is 26.1 Å². The molecular formula is C13H20O4. The maximum atomic E-state index is 9.47. The number of aliphatic hydroxyl groups excluding tert-OH is 1. The highest BCUT2D eigenvalue weighted by molar-refractivity contribution is 5.43. The van der Waals surface area contributed by atoms with Crippen LogP contribution in [-0.4, -0.2) is 32.0 Å². The molecule has 0 bridgehead atoms. The monoisotopic (exact) mass is 240 g/mol. The van der Waals surface area contributed by atoms with Gasteiger partial charge >= 0.3 is 0 Å². The molecule has 0 heterocycles. The van der Waals surface area contributed by atoms with E-state index in [0.29, 0.717) is 18.1 Å². The molecule has 1 N–H and O–H groups in total. The van der Waals surface area contributed by atoms with Crippen LogP contribution in [0.15, 0.2) is 18.2 Å². The van der Waals surface area contributed by atoms with Crippen molar-refractivity contribution in [3.8, 4) is 11.5 Å². The van der Waals surface area contributed by atoms with Crippen LogP contribution in [0.2, 0.25) is 0 Å². The first-order valence-corrected chi connectivity index (χ1v) is 5.60. The lowest BCUT2D eigenvalue weighted by molar-refractivity contribution is 0.0705. The van der Waals surface area contributed by atoms with Crippen molar-refractivity contribution in [1.82, 2.24) is 0 Å². The third-order valence-corrected chi connectivity index (χ3v) is 2.55. The van der Waals surface area contributed by atoms with Crippen molar-refractivity contribution in [1.29, 1.82) is 0 Å². The van der Waals surface area contributed by atoms with Gasteiger partial charge in [-0.25, -0.2) is 0 Å². The van der Waals surface area contributed by atoms with Gasteiger partial charge in [-0.3, -0.25) is 0 Å². The summed E-state index contributed by atoms with van der Waals surface area (Å²) in [5.74, 6) is 1.27. The molecule has 4 nitrogen and oxygen atoms in total. The number of aliphatic hydroxyl groups is 1. The molecule has 0 saturated heterocycles. The minimum absolute atomic E-state index is 0.0242. The van der Waals surface area contributed by atoms with Gasteiger partial charge in [0.05, 0.1) is 19.3 Å². The number of hydrogen-bond donors (Lipinski definition) is 1. The number of benzene rings is 1. The molecule has 0 radical (unpaired) electrons. The predicted molar refractivity (Wildman–Crippen MR) is 65.6 cm³/mol. The molecule has 17 heavy (non-hydrogen) atoms. The lowest BCUT2D eigenvalue weighted by atomic mass is 10.1. The fourth-order valence-corrected chi connectivity index (χ4v) is 1.34. The van der Waals surface area contributed by atoms with Crippen molar-refractivity contribution in [3.05, 3.63) is 23.8 Å². The second-order valence-electron chi connectivity index (χ2n) is 3.94. The molecule has 1 unspecified atom stereocenters. The fourth-order valence-electron chi connectivity index (χ4n) is 1.34. The molecule has 96 valence electrons. The number of ether oxygens (including phenoxy) is 3. The van der Waals surface area contributed by atoms with Gasteiger partial charge < -0.3 is 19.3 Å². The Balaban J connectivity index is 2.78. The molecule has 0 fully saturated rings. The van der Waals surface area contributed by atoms with Crippen LogP contribution in [0.4, 0.5) is 0 Å². The van der Waals surface area contributed by atoms with Crippen LogP contribution >= 0.6 is 0 Å². The smallest absolute Gasteiger partial charge is 0.161 e. The second-order valence-corrected chi connectivity index (χ2v) is 3.94. The van der Waals surface area contributed by atoms with E-state index in [1.54, 1.807) is 33.3 Å². The first-order valence-electron chi connectivity index (χ1n) is 5.60. The second kappa shape index (κ2) is 6.47. The Morgan fingerprint density at radius 3 is 2.41 bits per heavy atom. The van der Waals surface area contributed by atoms with Crippen LogP contribution in [0.25, 0.3) is 0 Å². The lowest BCUT2D eigenvalue weighted by Gasteiger charge is -2.15. The zero-order chi connectivity index (χ0) is 12.8. The molecule has 1 aromatic rings. The van der Waals surface area contributed by atoms with E-state index < -0.39 is 6.10 Å². The summed E-state index contributed by atoms with van der Waals surface area (Å²) < 4.78 is 15.9. The average Bonchev–Trinajstić information content (AvgIpc) is 2.35. The molecular weight excluding hydrogens is 220 g/mol. The van der Waals surface area contributed by atoms with Gasteiger partial charge in [0.15, 0.2) is 11.5 Å². The molecule has 0 aromatic heterocycles. The minimum atomic E-state index is -0.518. The van der Waals surface area contributed by atoms with E-state index in [4.69, 9.17) is 14.2 Å². The number of hydrogen-bond acceptors (Lipinski definition) is 4. The SMILES string of the molecule is COc1cc([C@H](C)O)ccc1OCC(C)OC. The maximum absolute atomic E-state index is 9.47. The number of rotatable bonds is 6. The third-order valence-electron chi connectivity index (χ3n) is 2.55. The standard InChI is InChI=1S/C13H20O4/c1-9(15-3)8-17-12-6-5-11(10(2)14)7-13(12)16-4/h5-7,9-10,14H,8H2,1-4H3/t9?,10-/m0/s1. The van der Waals surface area contributed by atoms with E-state index in [2.05, 4.69) is 0 Å².